The Labute approximate surface area is 145 Å². The van der Waals surface area contributed by atoms with Crippen molar-refractivity contribution in [3.05, 3.63) is 44.1 Å². The number of nitrogens with zero attached hydrogens (tertiary/aromatic N) is 4. The van der Waals surface area contributed by atoms with Crippen LogP contribution in [-0.4, -0.2) is 19.1 Å². The Morgan fingerprint density at radius 2 is 1.84 bits per heavy atom. The Hall–Kier alpha value is -2.94. The molecule has 0 amide bonds. The van der Waals surface area contributed by atoms with Gasteiger partial charge < -0.3 is 4.57 Å². The number of fused-ring (bicyclic) bond motifs is 2. The standard InChI is InChI=1S/C19H20N4O2/c1-5-6-7-8-9-23-15-11-13(3)12(2)10-14(15)20-16-17(23)21-19(25)22(4)18(16)24/h1,10-11H,6-9H2,2-4H3. The summed E-state index contributed by atoms with van der Waals surface area (Å²) in [6.07, 6.45) is 7.72. The van der Waals surface area contributed by atoms with E-state index in [9.17, 15) is 9.59 Å². The van der Waals surface area contributed by atoms with Crippen molar-refractivity contribution in [1.82, 2.24) is 19.1 Å². The van der Waals surface area contributed by atoms with Gasteiger partial charge >= 0.3 is 5.69 Å². The third-order valence-corrected chi connectivity index (χ3v) is 4.53. The Kier molecular flexibility index (Phi) is 4.41. The molecule has 0 radical (unpaired) electrons. The van der Waals surface area contributed by atoms with Crippen LogP contribution < -0.4 is 11.2 Å². The van der Waals surface area contributed by atoms with Crippen molar-refractivity contribution in [1.29, 1.82) is 0 Å². The van der Waals surface area contributed by atoms with E-state index in [2.05, 4.69) is 15.9 Å². The molecule has 3 rings (SSSR count). The fourth-order valence-electron chi connectivity index (χ4n) is 2.90. The lowest BCUT2D eigenvalue weighted by molar-refractivity contribution is 0.618. The van der Waals surface area contributed by atoms with E-state index in [1.807, 2.05) is 30.5 Å². The second-order valence-electron chi connectivity index (χ2n) is 6.28. The van der Waals surface area contributed by atoms with Gasteiger partial charge in [-0.05, 0) is 49.9 Å². The molecule has 0 fully saturated rings. The van der Waals surface area contributed by atoms with Crippen LogP contribution in [0, 0.1) is 26.2 Å². The second kappa shape index (κ2) is 6.52. The summed E-state index contributed by atoms with van der Waals surface area (Å²) in [5, 5.41) is 0. The lowest BCUT2D eigenvalue weighted by Crippen LogP contribution is -2.36. The molecule has 2 heterocycles. The minimum Gasteiger partial charge on any atom is -0.322 e. The molecule has 1 aromatic rings. The van der Waals surface area contributed by atoms with Crippen LogP contribution in [-0.2, 0) is 13.6 Å². The summed E-state index contributed by atoms with van der Waals surface area (Å²) in [7, 11) is 1.42. The maximum absolute atomic E-state index is 12.5. The lowest BCUT2D eigenvalue weighted by Gasteiger charge is -2.18. The first-order chi connectivity index (χ1) is 11.9. The number of aromatic nitrogens is 4. The van der Waals surface area contributed by atoms with Gasteiger partial charge in [0.05, 0.1) is 11.0 Å². The Morgan fingerprint density at radius 1 is 1.12 bits per heavy atom. The van der Waals surface area contributed by atoms with Crippen LogP contribution >= 0.6 is 0 Å². The van der Waals surface area contributed by atoms with Crippen molar-refractivity contribution in [2.24, 2.45) is 7.05 Å². The van der Waals surface area contributed by atoms with E-state index in [4.69, 9.17) is 6.42 Å². The molecule has 128 valence electrons. The van der Waals surface area contributed by atoms with Gasteiger partial charge in [0, 0.05) is 20.0 Å². The first kappa shape index (κ1) is 16.9. The molecule has 6 nitrogen and oxygen atoms in total. The average molecular weight is 336 g/mol. The minimum absolute atomic E-state index is 0.217. The summed E-state index contributed by atoms with van der Waals surface area (Å²) < 4.78 is 2.91. The fraction of sp³-hybridized carbons (Fsp3) is 0.368. The van der Waals surface area contributed by atoms with E-state index < -0.39 is 11.2 Å². The number of unbranched alkanes of at least 4 members (excludes halogenated alkanes) is 2. The largest absolute Gasteiger partial charge is 0.352 e. The Bertz CT molecular complexity index is 1090. The molecule has 0 N–H and O–H groups in total. The molecule has 6 heteroatoms. The summed E-state index contributed by atoms with van der Waals surface area (Å²) in [5.41, 5.74) is 3.05. The summed E-state index contributed by atoms with van der Waals surface area (Å²) in [6.45, 7) is 4.66. The molecule has 2 aliphatic rings. The molecule has 0 aliphatic carbocycles. The molecule has 0 saturated carbocycles. The molecule has 2 aliphatic heterocycles. The van der Waals surface area contributed by atoms with Gasteiger partial charge in [0.25, 0.3) is 5.56 Å². The highest BCUT2D eigenvalue weighted by Crippen LogP contribution is 2.24. The maximum Gasteiger partial charge on any atom is 0.352 e. The van der Waals surface area contributed by atoms with Gasteiger partial charge in [-0.1, -0.05) is 0 Å². The quantitative estimate of drug-likeness (QED) is 0.415. The normalized spacial score (nSPS) is 11.1. The molecular weight excluding hydrogens is 316 g/mol. The van der Waals surface area contributed by atoms with Crippen molar-refractivity contribution in [2.45, 2.75) is 39.7 Å². The maximum atomic E-state index is 12.5. The number of terminal acetylenes is 1. The van der Waals surface area contributed by atoms with Gasteiger partial charge in [-0.2, -0.15) is 4.98 Å². The van der Waals surface area contributed by atoms with Crippen molar-refractivity contribution < 1.29 is 0 Å². The Morgan fingerprint density at radius 3 is 2.56 bits per heavy atom. The first-order valence-corrected chi connectivity index (χ1v) is 8.26. The van der Waals surface area contributed by atoms with Crippen LogP contribution in [0.3, 0.4) is 0 Å². The average Bonchev–Trinajstić information content (AvgIpc) is 2.58. The lowest BCUT2D eigenvalue weighted by atomic mass is 10.1. The zero-order valence-corrected chi connectivity index (χ0v) is 14.7. The van der Waals surface area contributed by atoms with Crippen molar-refractivity contribution in [2.75, 3.05) is 0 Å². The fourth-order valence-corrected chi connectivity index (χ4v) is 2.90. The van der Waals surface area contributed by atoms with E-state index in [1.54, 1.807) is 0 Å². The van der Waals surface area contributed by atoms with E-state index in [0.29, 0.717) is 18.8 Å². The number of aryl methyl sites for hydroxylation is 3. The molecular formula is C19H20N4O2. The highest BCUT2D eigenvalue weighted by Gasteiger charge is 2.20. The monoisotopic (exact) mass is 336 g/mol. The van der Waals surface area contributed by atoms with E-state index >= 15 is 0 Å². The SMILES string of the molecule is C#CCCCCn1c2nc(=O)n(C)c(=O)c-2nc2cc(C)c(C)cc21. The predicted octanol–water partition coefficient (Wildman–Crippen LogP) is 2.02. The number of hydrogen-bond donors (Lipinski definition) is 0. The predicted molar refractivity (Wildman–Crippen MR) is 97.8 cm³/mol. The molecule has 1 aromatic carbocycles. The van der Waals surface area contributed by atoms with Crippen molar-refractivity contribution >= 4 is 11.0 Å². The highest BCUT2D eigenvalue weighted by molar-refractivity contribution is 5.81. The minimum atomic E-state index is -0.570. The van der Waals surface area contributed by atoms with Gasteiger partial charge in [0.15, 0.2) is 11.5 Å². The van der Waals surface area contributed by atoms with Crippen LogP contribution in [0.4, 0.5) is 0 Å². The van der Waals surface area contributed by atoms with E-state index in [0.717, 1.165) is 39.6 Å². The summed E-state index contributed by atoms with van der Waals surface area (Å²) in [5.74, 6) is 2.97. The zero-order chi connectivity index (χ0) is 18.1. The van der Waals surface area contributed by atoms with Gasteiger partial charge in [-0.15, -0.1) is 12.3 Å². The summed E-state index contributed by atoms with van der Waals surface area (Å²) >= 11 is 0. The van der Waals surface area contributed by atoms with Crippen LogP contribution in [0.2, 0.25) is 0 Å². The molecule has 0 saturated heterocycles. The molecule has 0 spiro atoms. The Balaban J connectivity index is 2.33. The molecule has 0 unspecified atom stereocenters. The third kappa shape index (κ3) is 2.93. The molecule has 0 aromatic heterocycles. The van der Waals surface area contributed by atoms with Crippen molar-refractivity contribution in [3.63, 3.8) is 0 Å². The van der Waals surface area contributed by atoms with E-state index in [-0.39, 0.29) is 5.69 Å². The summed E-state index contributed by atoms with van der Waals surface area (Å²) in [6, 6.07) is 3.99. The van der Waals surface area contributed by atoms with Gasteiger partial charge in [-0.25, -0.2) is 9.78 Å². The van der Waals surface area contributed by atoms with E-state index in [1.165, 1.54) is 7.05 Å². The highest BCUT2D eigenvalue weighted by atomic mass is 16.2. The first-order valence-electron chi connectivity index (χ1n) is 8.26. The molecule has 0 bridgehead atoms. The molecule has 25 heavy (non-hydrogen) atoms. The van der Waals surface area contributed by atoms with Gasteiger partial charge in [0.1, 0.15) is 0 Å². The smallest absolute Gasteiger partial charge is 0.322 e. The van der Waals surface area contributed by atoms with Crippen LogP contribution in [0.25, 0.3) is 22.6 Å². The summed E-state index contributed by atoms with van der Waals surface area (Å²) in [4.78, 5) is 33.1. The second-order valence-corrected chi connectivity index (χ2v) is 6.28. The number of benzene rings is 1. The van der Waals surface area contributed by atoms with Crippen LogP contribution in [0.15, 0.2) is 21.7 Å². The van der Waals surface area contributed by atoms with Gasteiger partial charge in [-0.3, -0.25) is 9.36 Å². The number of hydrogen-bond acceptors (Lipinski definition) is 4. The topological polar surface area (TPSA) is 69.8 Å². The van der Waals surface area contributed by atoms with Gasteiger partial charge in [0.2, 0.25) is 0 Å². The van der Waals surface area contributed by atoms with Crippen LogP contribution in [0.5, 0.6) is 0 Å². The third-order valence-electron chi connectivity index (χ3n) is 4.53. The molecule has 0 atom stereocenters. The number of rotatable bonds is 4. The van der Waals surface area contributed by atoms with Crippen molar-refractivity contribution in [3.8, 4) is 23.9 Å². The van der Waals surface area contributed by atoms with Crippen LogP contribution in [0.1, 0.15) is 30.4 Å². The zero-order valence-electron chi connectivity index (χ0n) is 14.7.